The van der Waals surface area contributed by atoms with Crippen LogP contribution in [0.25, 0.3) is 0 Å². The molecule has 0 aromatic heterocycles. The van der Waals surface area contributed by atoms with Gasteiger partial charge in [0, 0.05) is 0 Å². The molecule has 2 N–H and O–H groups in total. The molecule has 1 saturated carbocycles. The number of nitrogens with two attached hydrogens (primary N) is 1. The van der Waals surface area contributed by atoms with Gasteiger partial charge in [-0.3, -0.25) is 0 Å². The van der Waals surface area contributed by atoms with Crippen LogP contribution < -0.4 is 5.73 Å². The Morgan fingerprint density at radius 3 is 2.06 bits per heavy atom. The summed E-state index contributed by atoms with van der Waals surface area (Å²) in [6, 6.07) is 7.06. The largest absolute Gasteiger partial charge is 0.312 e. The molecule has 0 unspecified atom stereocenters. The highest BCUT2D eigenvalue weighted by atomic mass is 32.2. The maximum absolute atomic E-state index is 12.1. The van der Waals surface area contributed by atoms with Crippen LogP contribution in [-0.2, 0) is 9.84 Å². The summed E-state index contributed by atoms with van der Waals surface area (Å²) in [6.07, 6.45) is 1.14. The molecule has 0 aliphatic heterocycles. The number of rotatable bonds is 3. The topological polar surface area (TPSA) is 60.2 Å². The van der Waals surface area contributed by atoms with Crippen LogP contribution in [0.2, 0.25) is 0 Å². The summed E-state index contributed by atoms with van der Waals surface area (Å²) in [5.74, 6) is 0.407. The lowest BCUT2D eigenvalue weighted by molar-refractivity contribution is 0.578. The van der Waals surface area contributed by atoms with E-state index in [1.165, 1.54) is 0 Å². The predicted molar refractivity (Wildman–Crippen MR) is 63.9 cm³/mol. The molecule has 1 aliphatic rings. The van der Waals surface area contributed by atoms with Crippen molar-refractivity contribution < 1.29 is 8.42 Å². The standard InChI is InChI=1S/C12H17NO2S/c1-9(2)10-3-5-11(6-4-10)16(14,15)12(13)7-8-12/h3-6,9H,7-8,13H2,1-2H3. The first-order valence-corrected chi connectivity index (χ1v) is 6.99. The van der Waals surface area contributed by atoms with Crippen molar-refractivity contribution in [1.82, 2.24) is 0 Å². The maximum atomic E-state index is 12.1. The normalized spacial score (nSPS) is 18.8. The van der Waals surface area contributed by atoms with Crippen LogP contribution in [0.15, 0.2) is 29.2 Å². The molecular formula is C12H17NO2S. The smallest absolute Gasteiger partial charge is 0.196 e. The zero-order valence-corrected chi connectivity index (χ0v) is 10.4. The highest BCUT2D eigenvalue weighted by molar-refractivity contribution is 7.93. The Hall–Kier alpha value is -0.870. The summed E-state index contributed by atoms with van der Waals surface area (Å²) in [4.78, 5) is -0.649. The minimum atomic E-state index is -3.33. The van der Waals surface area contributed by atoms with Crippen molar-refractivity contribution in [2.75, 3.05) is 0 Å². The lowest BCUT2D eigenvalue weighted by Crippen LogP contribution is -2.32. The zero-order chi connectivity index (χ0) is 12.0. The molecule has 0 radical (unpaired) electrons. The Kier molecular flexibility index (Phi) is 2.59. The van der Waals surface area contributed by atoms with Crippen LogP contribution in [0.1, 0.15) is 38.2 Å². The van der Waals surface area contributed by atoms with Crippen molar-refractivity contribution in [3.8, 4) is 0 Å². The van der Waals surface area contributed by atoms with Crippen molar-refractivity contribution >= 4 is 9.84 Å². The van der Waals surface area contributed by atoms with Gasteiger partial charge in [-0.15, -0.1) is 0 Å². The molecule has 1 aliphatic carbocycles. The quantitative estimate of drug-likeness (QED) is 0.878. The fraction of sp³-hybridized carbons (Fsp3) is 0.500. The van der Waals surface area contributed by atoms with Gasteiger partial charge in [-0.2, -0.15) is 0 Å². The molecule has 88 valence electrons. The highest BCUT2D eigenvalue weighted by Gasteiger charge is 2.51. The van der Waals surface area contributed by atoms with E-state index in [9.17, 15) is 8.42 Å². The Bertz CT molecular complexity index is 484. The number of hydrogen-bond donors (Lipinski definition) is 1. The molecule has 2 rings (SSSR count). The third kappa shape index (κ3) is 1.76. The fourth-order valence-corrected chi connectivity index (χ4v) is 3.26. The molecule has 1 aromatic rings. The minimum absolute atomic E-state index is 0.344. The molecule has 4 heteroatoms. The monoisotopic (exact) mass is 239 g/mol. The van der Waals surface area contributed by atoms with Gasteiger partial charge < -0.3 is 5.73 Å². The van der Waals surface area contributed by atoms with Crippen molar-refractivity contribution in [3.05, 3.63) is 29.8 Å². The van der Waals surface area contributed by atoms with E-state index in [4.69, 9.17) is 5.73 Å². The summed E-state index contributed by atoms with van der Waals surface area (Å²) in [7, 11) is -3.33. The van der Waals surface area contributed by atoms with Crippen LogP contribution in [-0.4, -0.2) is 13.3 Å². The number of sulfone groups is 1. The molecule has 0 amide bonds. The van der Waals surface area contributed by atoms with E-state index in [0.717, 1.165) is 5.56 Å². The van der Waals surface area contributed by atoms with Crippen LogP contribution in [0.4, 0.5) is 0 Å². The molecule has 1 fully saturated rings. The molecule has 0 saturated heterocycles. The molecular weight excluding hydrogens is 222 g/mol. The third-order valence-corrected chi connectivity index (χ3v) is 5.51. The van der Waals surface area contributed by atoms with Gasteiger partial charge in [-0.25, -0.2) is 8.42 Å². The summed E-state index contributed by atoms with van der Waals surface area (Å²) < 4.78 is 24.1. The molecule has 0 heterocycles. The molecule has 0 atom stereocenters. The van der Waals surface area contributed by atoms with Gasteiger partial charge >= 0.3 is 0 Å². The van der Waals surface area contributed by atoms with Crippen molar-refractivity contribution in [2.45, 2.75) is 42.4 Å². The van der Waals surface area contributed by atoms with Crippen molar-refractivity contribution in [1.29, 1.82) is 0 Å². The lowest BCUT2D eigenvalue weighted by atomic mass is 10.0. The van der Waals surface area contributed by atoms with Gasteiger partial charge in [-0.1, -0.05) is 26.0 Å². The van der Waals surface area contributed by atoms with Gasteiger partial charge in [0.25, 0.3) is 0 Å². The zero-order valence-electron chi connectivity index (χ0n) is 9.60. The Morgan fingerprint density at radius 1 is 1.19 bits per heavy atom. The minimum Gasteiger partial charge on any atom is -0.312 e. The number of hydrogen-bond acceptors (Lipinski definition) is 3. The average Bonchev–Trinajstić information content (AvgIpc) is 2.98. The van der Waals surface area contributed by atoms with Crippen LogP contribution in [0, 0.1) is 0 Å². The van der Waals surface area contributed by atoms with E-state index >= 15 is 0 Å². The van der Waals surface area contributed by atoms with Gasteiger partial charge in [0.1, 0.15) is 4.87 Å². The Morgan fingerprint density at radius 2 is 1.69 bits per heavy atom. The fourth-order valence-electron chi connectivity index (χ4n) is 1.66. The van der Waals surface area contributed by atoms with E-state index in [1.54, 1.807) is 12.1 Å². The first-order valence-electron chi connectivity index (χ1n) is 5.50. The lowest BCUT2D eigenvalue weighted by Gasteiger charge is -2.12. The molecule has 16 heavy (non-hydrogen) atoms. The van der Waals surface area contributed by atoms with Gasteiger partial charge in [-0.05, 0) is 36.5 Å². The van der Waals surface area contributed by atoms with E-state index in [2.05, 4.69) is 13.8 Å². The van der Waals surface area contributed by atoms with E-state index < -0.39 is 14.7 Å². The third-order valence-electron chi connectivity index (χ3n) is 3.14. The second-order valence-electron chi connectivity index (χ2n) is 4.79. The van der Waals surface area contributed by atoms with Crippen LogP contribution >= 0.6 is 0 Å². The SMILES string of the molecule is CC(C)c1ccc(S(=O)(=O)C2(N)CC2)cc1. The van der Waals surface area contributed by atoms with Crippen molar-refractivity contribution in [2.24, 2.45) is 5.73 Å². The second kappa shape index (κ2) is 3.57. The van der Waals surface area contributed by atoms with E-state index in [1.807, 2.05) is 12.1 Å². The highest BCUT2D eigenvalue weighted by Crippen LogP contribution is 2.41. The summed E-state index contributed by atoms with van der Waals surface area (Å²) in [5, 5.41) is 0. The average molecular weight is 239 g/mol. The maximum Gasteiger partial charge on any atom is 0.196 e. The van der Waals surface area contributed by atoms with E-state index in [-0.39, 0.29) is 0 Å². The van der Waals surface area contributed by atoms with Gasteiger partial charge in [0.2, 0.25) is 0 Å². The van der Waals surface area contributed by atoms with Crippen LogP contribution in [0.3, 0.4) is 0 Å². The van der Waals surface area contributed by atoms with Crippen LogP contribution in [0.5, 0.6) is 0 Å². The first-order chi connectivity index (χ1) is 7.37. The Balaban J connectivity index is 2.36. The van der Waals surface area contributed by atoms with Crippen molar-refractivity contribution in [3.63, 3.8) is 0 Å². The van der Waals surface area contributed by atoms with Gasteiger partial charge in [0.15, 0.2) is 9.84 Å². The Labute approximate surface area is 96.6 Å². The first kappa shape index (κ1) is 11.6. The molecule has 3 nitrogen and oxygen atoms in total. The molecule has 0 spiro atoms. The molecule has 0 bridgehead atoms. The summed E-state index contributed by atoms with van der Waals surface area (Å²) in [5.41, 5.74) is 6.91. The van der Waals surface area contributed by atoms with E-state index in [0.29, 0.717) is 23.7 Å². The predicted octanol–water partition coefficient (Wildman–Crippen LogP) is 2.03. The second-order valence-corrected chi connectivity index (χ2v) is 7.08. The van der Waals surface area contributed by atoms with Gasteiger partial charge in [0.05, 0.1) is 4.90 Å². The molecule has 1 aromatic carbocycles. The summed E-state index contributed by atoms with van der Waals surface area (Å²) >= 11 is 0. The number of benzene rings is 1. The summed E-state index contributed by atoms with van der Waals surface area (Å²) in [6.45, 7) is 4.16.